The van der Waals surface area contributed by atoms with Gasteiger partial charge in [0.25, 0.3) is 5.91 Å². The van der Waals surface area contributed by atoms with Crippen LogP contribution in [0.4, 0.5) is 5.69 Å². The number of carbonyl (C=O) groups is 1. The molecule has 0 saturated carbocycles. The van der Waals surface area contributed by atoms with E-state index in [2.05, 4.69) is 10.3 Å². The fourth-order valence-electron chi connectivity index (χ4n) is 2.20. The molecule has 4 nitrogen and oxygen atoms in total. The number of nitrogens with one attached hydrogen (secondary N) is 1. The Hall–Kier alpha value is -2.66. The molecule has 0 bridgehead atoms. The number of hydrogen-bond donors (Lipinski definition) is 1. The summed E-state index contributed by atoms with van der Waals surface area (Å²) in [5.41, 5.74) is 2.15. The second-order valence-electron chi connectivity index (χ2n) is 4.98. The van der Waals surface area contributed by atoms with Crippen LogP contribution in [0.3, 0.4) is 0 Å². The van der Waals surface area contributed by atoms with E-state index in [-0.39, 0.29) is 5.91 Å². The minimum Gasteiger partial charge on any atom is -0.497 e. The van der Waals surface area contributed by atoms with Crippen LogP contribution >= 0.6 is 11.3 Å². The lowest BCUT2D eigenvalue weighted by molar-refractivity contribution is 0.102. The Morgan fingerprint density at radius 1 is 1.13 bits per heavy atom. The Balaban J connectivity index is 1.84. The molecule has 3 aromatic rings. The first-order valence-corrected chi connectivity index (χ1v) is 7.97. The number of aryl methyl sites for hydroxylation is 1. The summed E-state index contributed by atoms with van der Waals surface area (Å²) in [6, 6.07) is 17.1. The van der Waals surface area contributed by atoms with Gasteiger partial charge in [-0.1, -0.05) is 36.4 Å². The van der Waals surface area contributed by atoms with Gasteiger partial charge in [-0.25, -0.2) is 4.98 Å². The molecule has 1 N–H and O–H groups in total. The molecule has 5 heteroatoms. The van der Waals surface area contributed by atoms with E-state index >= 15 is 0 Å². The molecule has 0 saturated heterocycles. The molecule has 1 aromatic heterocycles. The molecule has 0 fully saturated rings. The first-order valence-electron chi connectivity index (χ1n) is 7.15. The van der Waals surface area contributed by atoms with Crippen molar-refractivity contribution >= 4 is 22.9 Å². The van der Waals surface area contributed by atoms with Crippen LogP contribution in [0.15, 0.2) is 54.6 Å². The highest BCUT2D eigenvalue weighted by Crippen LogP contribution is 2.28. The Kier molecular flexibility index (Phi) is 4.39. The van der Waals surface area contributed by atoms with E-state index in [1.807, 2.05) is 55.5 Å². The molecule has 0 aliphatic carbocycles. The lowest BCUT2D eigenvalue weighted by Gasteiger charge is -2.06. The van der Waals surface area contributed by atoms with Crippen LogP contribution < -0.4 is 10.1 Å². The third-order valence-corrected chi connectivity index (χ3v) is 4.38. The number of carbonyl (C=O) groups excluding carboxylic acids is 1. The molecular weight excluding hydrogens is 308 g/mol. The van der Waals surface area contributed by atoms with E-state index < -0.39 is 0 Å². The number of hydrogen-bond acceptors (Lipinski definition) is 4. The van der Waals surface area contributed by atoms with Crippen molar-refractivity contribution in [2.45, 2.75) is 6.92 Å². The summed E-state index contributed by atoms with van der Waals surface area (Å²) in [6.07, 6.45) is 0. The van der Waals surface area contributed by atoms with Crippen LogP contribution in [0, 0.1) is 6.92 Å². The number of anilines is 1. The minimum atomic E-state index is -0.214. The highest BCUT2D eigenvalue weighted by molar-refractivity contribution is 7.15. The van der Waals surface area contributed by atoms with Crippen LogP contribution in [-0.2, 0) is 0 Å². The summed E-state index contributed by atoms with van der Waals surface area (Å²) in [4.78, 5) is 17.9. The number of aromatic nitrogens is 1. The molecule has 0 spiro atoms. The fraction of sp³-hybridized carbons (Fsp3) is 0.111. The van der Waals surface area contributed by atoms with Crippen LogP contribution in [0.25, 0.3) is 10.6 Å². The van der Waals surface area contributed by atoms with E-state index in [1.165, 1.54) is 11.3 Å². The van der Waals surface area contributed by atoms with Gasteiger partial charge in [-0.3, -0.25) is 4.79 Å². The Labute approximate surface area is 138 Å². The van der Waals surface area contributed by atoms with Gasteiger partial charge in [0.2, 0.25) is 0 Å². The summed E-state index contributed by atoms with van der Waals surface area (Å²) in [5.74, 6) is 0.483. The van der Waals surface area contributed by atoms with Gasteiger partial charge in [-0.05, 0) is 19.1 Å². The van der Waals surface area contributed by atoms with E-state index in [4.69, 9.17) is 4.74 Å². The highest BCUT2D eigenvalue weighted by Gasteiger charge is 2.16. The fourth-order valence-corrected chi connectivity index (χ4v) is 3.12. The van der Waals surface area contributed by atoms with Gasteiger partial charge in [-0.2, -0.15) is 0 Å². The number of methoxy groups -OCH3 is 1. The molecule has 0 atom stereocenters. The molecule has 1 heterocycles. The van der Waals surface area contributed by atoms with Crippen molar-refractivity contribution < 1.29 is 9.53 Å². The largest absolute Gasteiger partial charge is 0.497 e. The van der Waals surface area contributed by atoms with Gasteiger partial charge in [0.15, 0.2) is 0 Å². The average Bonchev–Trinajstić information content (AvgIpc) is 2.98. The van der Waals surface area contributed by atoms with Gasteiger partial charge in [0.05, 0.1) is 7.11 Å². The molecular formula is C18H16N2O2S. The number of thiazole rings is 1. The van der Waals surface area contributed by atoms with Gasteiger partial charge >= 0.3 is 0 Å². The summed E-state index contributed by atoms with van der Waals surface area (Å²) >= 11 is 1.52. The molecule has 0 aliphatic heterocycles. The summed E-state index contributed by atoms with van der Waals surface area (Å²) in [6.45, 7) is 1.91. The lowest BCUT2D eigenvalue weighted by atomic mass is 10.2. The van der Waals surface area contributed by atoms with Crippen LogP contribution in [-0.4, -0.2) is 18.0 Å². The molecule has 1 amide bonds. The Bertz CT molecular complexity index is 828. The van der Waals surface area contributed by atoms with Crippen molar-refractivity contribution in [1.82, 2.24) is 4.98 Å². The normalized spacial score (nSPS) is 10.3. The molecule has 0 radical (unpaired) electrons. The van der Waals surface area contributed by atoms with Crippen LogP contribution in [0.5, 0.6) is 5.75 Å². The van der Waals surface area contributed by atoms with Gasteiger partial charge in [-0.15, -0.1) is 11.3 Å². The molecule has 0 aliphatic rings. The summed E-state index contributed by atoms with van der Waals surface area (Å²) < 4.78 is 5.16. The molecule has 2 aromatic carbocycles. The van der Waals surface area contributed by atoms with Gasteiger partial charge in [0.1, 0.15) is 16.5 Å². The van der Waals surface area contributed by atoms with E-state index in [9.17, 15) is 4.79 Å². The first-order chi connectivity index (χ1) is 11.2. The predicted molar refractivity (Wildman–Crippen MR) is 93.2 cm³/mol. The smallest absolute Gasteiger partial charge is 0.275 e. The van der Waals surface area contributed by atoms with Crippen molar-refractivity contribution in [2.24, 2.45) is 0 Å². The van der Waals surface area contributed by atoms with E-state index in [1.54, 1.807) is 13.2 Å². The highest BCUT2D eigenvalue weighted by atomic mass is 32.1. The second-order valence-corrected chi connectivity index (χ2v) is 6.18. The summed E-state index contributed by atoms with van der Waals surface area (Å²) in [7, 11) is 1.59. The average molecular weight is 324 g/mol. The van der Waals surface area contributed by atoms with Gasteiger partial charge in [0, 0.05) is 22.2 Å². The van der Waals surface area contributed by atoms with Crippen LogP contribution in [0.2, 0.25) is 0 Å². The minimum absolute atomic E-state index is 0.214. The predicted octanol–water partition coefficient (Wildman–Crippen LogP) is 4.38. The first kappa shape index (κ1) is 15.2. The maximum Gasteiger partial charge on any atom is 0.275 e. The van der Waals surface area contributed by atoms with Gasteiger partial charge < -0.3 is 10.1 Å². The van der Waals surface area contributed by atoms with Crippen molar-refractivity contribution in [3.8, 4) is 16.3 Å². The maximum atomic E-state index is 12.5. The van der Waals surface area contributed by atoms with Crippen molar-refractivity contribution in [3.05, 3.63) is 65.2 Å². The third-order valence-electron chi connectivity index (χ3n) is 3.36. The lowest BCUT2D eigenvalue weighted by Crippen LogP contribution is -2.13. The summed E-state index contributed by atoms with van der Waals surface area (Å²) in [5, 5.41) is 3.71. The van der Waals surface area contributed by atoms with E-state index in [0.717, 1.165) is 15.4 Å². The Morgan fingerprint density at radius 2 is 1.91 bits per heavy atom. The number of ether oxygens (including phenoxy) is 1. The standard InChI is InChI=1S/C18H16N2O2S/c1-12-16(20-18(23-12)13-7-4-3-5-8-13)17(21)19-14-9-6-10-15(11-14)22-2/h3-11H,1-2H3,(H,19,21). The monoisotopic (exact) mass is 324 g/mol. The Morgan fingerprint density at radius 3 is 2.65 bits per heavy atom. The van der Waals surface area contributed by atoms with Crippen molar-refractivity contribution in [3.63, 3.8) is 0 Å². The van der Waals surface area contributed by atoms with Crippen LogP contribution in [0.1, 0.15) is 15.4 Å². The number of nitrogens with zero attached hydrogens (tertiary/aromatic N) is 1. The zero-order chi connectivity index (χ0) is 16.2. The van der Waals surface area contributed by atoms with Crippen molar-refractivity contribution in [1.29, 1.82) is 0 Å². The quantitative estimate of drug-likeness (QED) is 0.775. The molecule has 23 heavy (non-hydrogen) atoms. The maximum absolute atomic E-state index is 12.5. The third kappa shape index (κ3) is 3.40. The SMILES string of the molecule is COc1cccc(NC(=O)c2nc(-c3ccccc3)sc2C)c1. The number of rotatable bonds is 4. The van der Waals surface area contributed by atoms with Crippen molar-refractivity contribution in [2.75, 3.05) is 12.4 Å². The second kappa shape index (κ2) is 6.62. The number of amides is 1. The zero-order valence-corrected chi connectivity index (χ0v) is 13.7. The number of benzene rings is 2. The van der Waals surface area contributed by atoms with E-state index in [0.29, 0.717) is 17.1 Å². The molecule has 116 valence electrons. The topological polar surface area (TPSA) is 51.2 Å². The zero-order valence-electron chi connectivity index (χ0n) is 12.9. The molecule has 3 rings (SSSR count). The molecule has 0 unspecified atom stereocenters.